The second kappa shape index (κ2) is 14.4. The van der Waals surface area contributed by atoms with Crippen LogP contribution in [0.2, 0.25) is 5.02 Å². The third-order valence-electron chi connectivity index (χ3n) is 6.48. The fourth-order valence-electron chi connectivity index (χ4n) is 4.68. The van der Waals surface area contributed by atoms with Crippen molar-refractivity contribution < 1.29 is 33.3 Å². The molecule has 0 saturated carbocycles. The Kier molecular flexibility index (Phi) is 11.3. The molecule has 0 atom stereocenters. The molecular formula is C29H39ClN2O7. The van der Waals surface area contributed by atoms with Crippen LogP contribution in [0.5, 0.6) is 28.7 Å². The van der Waals surface area contributed by atoms with Crippen LogP contribution in [0.25, 0.3) is 0 Å². The standard InChI is InChI=1S/C29H39ClN2O7/c1-31(2)17-24(33)38-26-22-13-7-19(15-16-37-21-11-9-20(30)10-12-21)8-14-23(22)27(29(36-6)28(26)35-5)39-25(34)18-32(3)4/h9-12,19H,7-8,13-18H2,1-6H3. The fourth-order valence-corrected chi connectivity index (χ4v) is 4.81. The van der Waals surface area contributed by atoms with Crippen molar-refractivity contribution in [2.45, 2.75) is 32.1 Å². The zero-order valence-corrected chi connectivity index (χ0v) is 24.4. The summed E-state index contributed by atoms with van der Waals surface area (Å²) in [6.45, 7) is 0.763. The van der Waals surface area contributed by atoms with Crippen molar-refractivity contribution in [3.05, 3.63) is 40.4 Å². The average Bonchev–Trinajstić information content (AvgIpc) is 3.08. The maximum atomic E-state index is 12.7. The minimum absolute atomic E-state index is 0.102. The number of nitrogens with zero attached hydrogens (tertiary/aromatic N) is 2. The Bertz CT molecular complexity index is 1070. The summed E-state index contributed by atoms with van der Waals surface area (Å²) >= 11 is 5.97. The van der Waals surface area contributed by atoms with Crippen molar-refractivity contribution in [2.75, 3.05) is 62.1 Å². The van der Waals surface area contributed by atoms with Gasteiger partial charge >= 0.3 is 11.9 Å². The lowest BCUT2D eigenvalue weighted by Gasteiger charge is -2.23. The van der Waals surface area contributed by atoms with E-state index in [2.05, 4.69) is 0 Å². The summed E-state index contributed by atoms with van der Waals surface area (Å²) in [5.74, 6) is 1.40. The van der Waals surface area contributed by atoms with E-state index in [1.165, 1.54) is 14.2 Å². The number of hydrogen-bond acceptors (Lipinski definition) is 9. The Balaban J connectivity index is 1.92. The SMILES string of the molecule is COc1c(OC(=O)CN(C)C)c2c(c(OC(=O)CN(C)C)c1OC)CCC(CCOc1ccc(Cl)cc1)CC2. The Morgan fingerprint density at radius 3 is 1.67 bits per heavy atom. The molecule has 214 valence electrons. The van der Waals surface area contributed by atoms with E-state index in [0.717, 1.165) is 36.1 Å². The highest BCUT2D eigenvalue weighted by atomic mass is 35.5. The zero-order valence-electron chi connectivity index (χ0n) is 23.7. The number of halogens is 1. The van der Waals surface area contributed by atoms with Gasteiger partial charge in [0.25, 0.3) is 0 Å². The molecule has 1 aliphatic rings. The second-order valence-electron chi connectivity index (χ2n) is 10.1. The monoisotopic (exact) mass is 562 g/mol. The number of hydrogen-bond donors (Lipinski definition) is 0. The predicted octanol–water partition coefficient (Wildman–Crippen LogP) is 4.26. The van der Waals surface area contributed by atoms with E-state index < -0.39 is 11.9 Å². The minimum Gasteiger partial charge on any atom is -0.494 e. The number of rotatable bonds is 12. The molecule has 2 aromatic rings. The molecule has 0 spiro atoms. The van der Waals surface area contributed by atoms with Gasteiger partial charge < -0.3 is 23.7 Å². The van der Waals surface area contributed by atoms with Crippen LogP contribution in [-0.2, 0) is 22.4 Å². The molecule has 0 bridgehead atoms. The van der Waals surface area contributed by atoms with Crippen molar-refractivity contribution >= 4 is 23.5 Å². The smallest absolute Gasteiger partial charge is 0.325 e. The van der Waals surface area contributed by atoms with Gasteiger partial charge in [-0.15, -0.1) is 0 Å². The van der Waals surface area contributed by atoms with Gasteiger partial charge in [-0.05, 0) is 90.5 Å². The maximum absolute atomic E-state index is 12.7. The van der Waals surface area contributed by atoms with Gasteiger partial charge in [-0.25, -0.2) is 0 Å². The van der Waals surface area contributed by atoms with E-state index in [1.54, 1.807) is 50.1 Å². The van der Waals surface area contributed by atoms with Gasteiger partial charge in [0.1, 0.15) is 5.75 Å². The van der Waals surface area contributed by atoms with Crippen molar-refractivity contribution in [1.29, 1.82) is 0 Å². The quantitative estimate of drug-likeness (QED) is 0.214. The van der Waals surface area contributed by atoms with Crippen LogP contribution in [0.15, 0.2) is 24.3 Å². The molecule has 0 radical (unpaired) electrons. The number of benzene rings is 2. The Morgan fingerprint density at radius 1 is 0.795 bits per heavy atom. The largest absolute Gasteiger partial charge is 0.494 e. The van der Waals surface area contributed by atoms with Crippen LogP contribution in [0.4, 0.5) is 0 Å². The summed E-state index contributed by atoms with van der Waals surface area (Å²) < 4.78 is 29.1. The predicted molar refractivity (Wildman–Crippen MR) is 150 cm³/mol. The van der Waals surface area contributed by atoms with Gasteiger partial charge in [0.2, 0.25) is 11.5 Å². The van der Waals surface area contributed by atoms with E-state index in [1.807, 2.05) is 12.1 Å². The van der Waals surface area contributed by atoms with Gasteiger partial charge in [0.15, 0.2) is 11.5 Å². The zero-order chi connectivity index (χ0) is 28.5. The summed E-state index contributed by atoms with van der Waals surface area (Å²) in [5, 5.41) is 0.666. The maximum Gasteiger partial charge on any atom is 0.325 e. The normalized spacial score (nSPS) is 13.6. The minimum atomic E-state index is -0.419. The molecule has 0 heterocycles. The van der Waals surface area contributed by atoms with Gasteiger partial charge in [0, 0.05) is 16.1 Å². The molecule has 10 heteroatoms. The molecule has 0 aromatic heterocycles. The number of carbonyl (C=O) groups excluding carboxylic acids is 2. The lowest BCUT2D eigenvalue weighted by molar-refractivity contribution is -0.136. The molecule has 1 aliphatic carbocycles. The lowest BCUT2D eigenvalue weighted by atomic mass is 9.96. The first-order valence-electron chi connectivity index (χ1n) is 13.0. The van der Waals surface area contributed by atoms with Gasteiger partial charge in [-0.3, -0.25) is 19.4 Å². The van der Waals surface area contributed by atoms with Crippen molar-refractivity contribution in [1.82, 2.24) is 9.80 Å². The Hall–Kier alpha value is -3.01. The highest BCUT2D eigenvalue weighted by molar-refractivity contribution is 6.30. The first-order valence-corrected chi connectivity index (χ1v) is 13.4. The topological polar surface area (TPSA) is 86.8 Å². The molecule has 0 fully saturated rings. The number of carbonyl (C=O) groups is 2. The first-order chi connectivity index (χ1) is 18.6. The van der Waals surface area contributed by atoms with E-state index in [0.29, 0.717) is 41.9 Å². The third kappa shape index (κ3) is 8.49. The van der Waals surface area contributed by atoms with Gasteiger partial charge in [0.05, 0.1) is 33.9 Å². The van der Waals surface area contributed by atoms with Crippen LogP contribution < -0.4 is 23.7 Å². The van der Waals surface area contributed by atoms with Gasteiger partial charge in [-0.2, -0.15) is 0 Å². The molecule has 39 heavy (non-hydrogen) atoms. The Morgan fingerprint density at radius 2 is 1.26 bits per heavy atom. The highest BCUT2D eigenvalue weighted by Crippen LogP contribution is 2.52. The molecule has 3 rings (SSSR count). The molecule has 2 aromatic carbocycles. The molecule has 0 unspecified atom stereocenters. The van der Waals surface area contributed by atoms with E-state index in [9.17, 15) is 9.59 Å². The number of methoxy groups -OCH3 is 2. The van der Waals surface area contributed by atoms with Crippen LogP contribution in [0, 0.1) is 5.92 Å². The summed E-state index contributed by atoms with van der Waals surface area (Å²) in [6, 6.07) is 7.31. The summed E-state index contributed by atoms with van der Waals surface area (Å²) in [4.78, 5) is 28.9. The second-order valence-corrected chi connectivity index (χ2v) is 10.6. The molecular weight excluding hydrogens is 524 g/mol. The average molecular weight is 563 g/mol. The highest BCUT2D eigenvalue weighted by Gasteiger charge is 2.32. The lowest BCUT2D eigenvalue weighted by Crippen LogP contribution is -2.27. The molecule has 0 amide bonds. The van der Waals surface area contributed by atoms with E-state index in [4.69, 9.17) is 35.3 Å². The molecule has 0 N–H and O–H groups in total. The molecule has 0 saturated heterocycles. The van der Waals surface area contributed by atoms with E-state index in [-0.39, 0.29) is 24.6 Å². The molecule has 0 aliphatic heterocycles. The van der Waals surface area contributed by atoms with Crippen molar-refractivity contribution in [3.8, 4) is 28.7 Å². The number of likely N-dealkylation sites (N-methyl/N-ethyl adjacent to an activating group) is 2. The van der Waals surface area contributed by atoms with Crippen LogP contribution >= 0.6 is 11.6 Å². The Labute approximate surface area is 235 Å². The van der Waals surface area contributed by atoms with Crippen LogP contribution in [-0.4, -0.2) is 83.8 Å². The van der Waals surface area contributed by atoms with Gasteiger partial charge in [-0.1, -0.05) is 11.6 Å². The summed E-state index contributed by atoms with van der Waals surface area (Å²) in [5.41, 5.74) is 1.60. The summed E-state index contributed by atoms with van der Waals surface area (Å²) in [6.07, 6.45) is 3.76. The van der Waals surface area contributed by atoms with Crippen molar-refractivity contribution in [2.24, 2.45) is 5.92 Å². The van der Waals surface area contributed by atoms with Crippen LogP contribution in [0.1, 0.15) is 30.4 Å². The van der Waals surface area contributed by atoms with Crippen molar-refractivity contribution in [3.63, 3.8) is 0 Å². The number of fused-ring (bicyclic) bond motifs is 1. The fraction of sp³-hybridized carbons (Fsp3) is 0.517. The van der Waals surface area contributed by atoms with Crippen LogP contribution in [0.3, 0.4) is 0 Å². The number of esters is 2. The van der Waals surface area contributed by atoms with E-state index >= 15 is 0 Å². The summed E-state index contributed by atoms with van der Waals surface area (Å²) in [7, 11) is 10.1. The molecule has 9 nitrogen and oxygen atoms in total. The number of ether oxygens (including phenoxy) is 5. The first kappa shape index (κ1) is 30.5. The third-order valence-corrected chi connectivity index (χ3v) is 6.73.